The van der Waals surface area contributed by atoms with Crippen molar-refractivity contribution in [1.82, 2.24) is 14.2 Å². The van der Waals surface area contributed by atoms with Gasteiger partial charge in [0.05, 0.1) is 22.2 Å². The van der Waals surface area contributed by atoms with E-state index in [2.05, 4.69) is 4.98 Å². The quantitative estimate of drug-likeness (QED) is 0.823. The van der Waals surface area contributed by atoms with Crippen LogP contribution in [0.1, 0.15) is 33.2 Å². The van der Waals surface area contributed by atoms with Crippen LogP contribution in [-0.2, 0) is 16.7 Å². The Balaban J connectivity index is 1.68. The first kappa shape index (κ1) is 17.1. The number of rotatable bonds is 3. The lowest BCUT2D eigenvalue weighted by Crippen LogP contribution is -2.49. The summed E-state index contributed by atoms with van der Waals surface area (Å²) < 4.78 is 40.3. The first-order chi connectivity index (χ1) is 12.4. The van der Waals surface area contributed by atoms with Crippen molar-refractivity contribution >= 4 is 15.9 Å². The Bertz CT molecular complexity index is 993. The minimum Gasteiger partial charge on any atom is -0.329 e. The predicted octanol–water partition coefficient (Wildman–Crippen LogP) is 2.06. The highest BCUT2D eigenvalue weighted by Crippen LogP contribution is 2.38. The van der Waals surface area contributed by atoms with E-state index in [4.69, 9.17) is 0 Å². The lowest BCUT2D eigenvalue weighted by molar-refractivity contribution is 0.0628. The van der Waals surface area contributed by atoms with E-state index in [1.165, 1.54) is 16.4 Å². The van der Waals surface area contributed by atoms with E-state index in [9.17, 15) is 17.6 Å². The summed E-state index contributed by atoms with van der Waals surface area (Å²) in [4.78, 5) is 18.6. The summed E-state index contributed by atoms with van der Waals surface area (Å²) >= 11 is 0. The average Bonchev–Trinajstić information content (AvgIpc) is 2.95. The highest BCUT2D eigenvalue weighted by molar-refractivity contribution is 7.89. The van der Waals surface area contributed by atoms with Crippen LogP contribution in [0.2, 0.25) is 0 Å². The standard InChI is InChI=1S/C18H18FN3O3S/c1-12-17-15(5-6-20-12)16-11-21(7-8-22(16)18(17)23)26(24,25)14-4-2-3-13(9-14)10-19/h2-6,9,16H,7-8,10-11H2,1H3. The van der Waals surface area contributed by atoms with Gasteiger partial charge in [0.1, 0.15) is 6.67 Å². The third-order valence-electron chi connectivity index (χ3n) is 5.04. The van der Waals surface area contributed by atoms with Crippen molar-refractivity contribution in [3.63, 3.8) is 0 Å². The molecule has 1 aromatic heterocycles. The number of carbonyl (C=O) groups excluding carboxylic acids is 1. The Morgan fingerprint density at radius 2 is 2.08 bits per heavy atom. The summed E-state index contributed by atoms with van der Waals surface area (Å²) in [5.41, 5.74) is 2.39. The fourth-order valence-corrected chi connectivity index (χ4v) is 5.22. The number of sulfonamides is 1. The van der Waals surface area contributed by atoms with Crippen LogP contribution < -0.4 is 0 Å². The van der Waals surface area contributed by atoms with Crippen molar-refractivity contribution in [1.29, 1.82) is 0 Å². The third-order valence-corrected chi connectivity index (χ3v) is 6.90. The normalized spacial score (nSPS) is 20.2. The molecule has 2 aliphatic heterocycles. The number of benzene rings is 1. The SMILES string of the molecule is Cc1nccc2c1C(=O)N1CCN(S(=O)(=O)c3cccc(CF)c3)CC21. The van der Waals surface area contributed by atoms with Crippen molar-refractivity contribution < 1.29 is 17.6 Å². The molecule has 26 heavy (non-hydrogen) atoms. The van der Waals surface area contributed by atoms with E-state index in [1.54, 1.807) is 36.2 Å². The van der Waals surface area contributed by atoms with Crippen LogP contribution in [0, 0.1) is 6.92 Å². The van der Waals surface area contributed by atoms with Gasteiger partial charge in [0, 0.05) is 25.8 Å². The van der Waals surface area contributed by atoms with E-state index in [0.717, 1.165) is 5.56 Å². The lowest BCUT2D eigenvalue weighted by Gasteiger charge is -2.37. The molecule has 1 fully saturated rings. The molecule has 1 atom stereocenters. The van der Waals surface area contributed by atoms with Crippen molar-refractivity contribution in [3.8, 4) is 0 Å². The number of halogens is 1. The van der Waals surface area contributed by atoms with Crippen LogP contribution in [0.5, 0.6) is 0 Å². The molecule has 2 aliphatic rings. The predicted molar refractivity (Wildman–Crippen MR) is 92.8 cm³/mol. The maximum atomic E-state index is 13.0. The fourth-order valence-electron chi connectivity index (χ4n) is 3.71. The molecule has 0 radical (unpaired) electrons. The van der Waals surface area contributed by atoms with Crippen LogP contribution in [-0.4, -0.2) is 48.1 Å². The molecule has 1 saturated heterocycles. The van der Waals surface area contributed by atoms with Gasteiger partial charge in [-0.05, 0) is 36.2 Å². The average molecular weight is 375 g/mol. The third kappa shape index (κ3) is 2.52. The van der Waals surface area contributed by atoms with Crippen molar-refractivity contribution in [2.45, 2.75) is 24.5 Å². The molecular formula is C18H18FN3O3S. The number of alkyl halides is 1. The Labute approximate surface area is 151 Å². The molecule has 0 saturated carbocycles. The molecule has 4 rings (SSSR count). The topological polar surface area (TPSA) is 70.6 Å². The van der Waals surface area contributed by atoms with Gasteiger partial charge in [0.2, 0.25) is 10.0 Å². The fraction of sp³-hybridized carbons (Fsp3) is 0.333. The van der Waals surface area contributed by atoms with Gasteiger partial charge >= 0.3 is 0 Å². The van der Waals surface area contributed by atoms with Crippen molar-refractivity contribution in [2.75, 3.05) is 19.6 Å². The molecule has 3 heterocycles. The van der Waals surface area contributed by atoms with Crippen LogP contribution in [0.3, 0.4) is 0 Å². The summed E-state index contributed by atoms with van der Waals surface area (Å²) in [6, 6.07) is 7.41. The number of piperazine rings is 1. The van der Waals surface area contributed by atoms with Crippen LogP contribution in [0.4, 0.5) is 4.39 Å². The highest BCUT2D eigenvalue weighted by atomic mass is 32.2. The lowest BCUT2D eigenvalue weighted by atomic mass is 10.0. The maximum Gasteiger partial charge on any atom is 0.256 e. The summed E-state index contributed by atoms with van der Waals surface area (Å²) in [6.07, 6.45) is 1.64. The van der Waals surface area contributed by atoms with E-state index in [0.29, 0.717) is 23.4 Å². The Kier molecular flexibility index (Phi) is 4.04. The molecule has 0 spiro atoms. The molecule has 0 N–H and O–H groups in total. The number of amides is 1. The number of aromatic nitrogens is 1. The summed E-state index contributed by atoms with van der Waals surface area (Å²) in [5.74, 6) is -0.0907. The van der Waals surface area contributed by atoms with E-state index in [1.807, 2.05) is 0 Å². The second-order valence-electron chi connectivity index (χ2n) is 6.52. The molecule has 1 unspecified atom stereocenters. The second-order valence-corrected chi connectivity index (χ2v) is 8.46. The molecular weight excluding hydrogens is 357 g/mol. The number of hydrogen-bond acceptors (Lipinski definition) is 4. The van der Waals surface area contributed by atoms with E-state index >= 15 is 0 Å². The van der Waals surface area contributed by atoms with Gasteiger partial charge in [-0.3, -0.25) is 9.78 Å². The number of hydrogen-bond donors (Lipinski definition) is 0. The molecule has 136 valence electrons. The number of fused-ring (bicyclic) bond motifs is 3. The summed E-state index contributed by atoms with van der Waals surface area (Å²) in [6.45, 7) is 1.79. The first-order valence-electron chi connectivity index (χ1n) is 8.35. The Hall–Kier alpha value is -2.32. The second kappa shape index (κ2) is 6.14. The zero-order valence-electron chi connectivity index (χ0n) is 14.2. The number of nitrogens with zero attached hydrogens (tertiary/aromatic N) is 3. The number of carbonyl (C=O) groups is 1. The molecule has 8 heteroatoms. The van der Waals surface area contributed by atoms with Gasteiger partial charge in [-0.2, -0.15) is 4.31 Å². The zero-order chi connectivity index (χ0) is 18.5. The Morgan fingerprint density at radius 1 is 1.27 bits per heavy atom. The van der Waals surface area contributed by atoms with Crippen molar-refractivity contribution in [2.24, 2.45) is 0 Å². The number of aryl methyl sites for hydroxylation is 1. The van der Waals surface area contributed by atoms with E-state index in [-0.39, 0.29) is 29.9 Å². The van der Waals surface area contributed by atoms with Crippen LogP contribution in [0.15, 0.2) is 41.4 Å². The summed E-state index contributed by atoms with van der Waals surface area (Å²) in [5, 5.41) is 0. The molecule has 0 aliphatic carbocycles. The highest BCUT2D eigenvalue weighted by Gasteiger charge is 2.44. The molecule has 6 nitrogen and oxygen atoms in total. The smallest absolute Gasteiger partial charge is 0.256 e. The van der Waals surface area contributed by atoms with Gasteiger partial charge in [0.25, 0.3) is 5.91 Å². The molecule has 0 bridgehead atoms. The van der Waals surface area contributed by atoms with Gasteiger partial charge in [-0.25, -0.2) is 12.8 Å². The molecule has 1 amide bonds. The minimum absolute atomic E-state index is 0.0801. The zero-order valence-corrected chi connectivity index (χ0v) is 15.0. The Morgan fingerprint density at radius 3 is 2.85 bits per heavy atom. The maximum absolute atomic E-state index is 13.0. The molecule has 2 aromatic rings. The van der Waals surface area contributed by atoms with E-state index < -0.39 is 16.7 Å². The van der Waals surface area contributed by atoms with Crippen molar-refractivity contribution in [3.05, 3.63) is 58.9 Å². The van der Waals surface area contributed by atoms with Crippen LogP contribution >= 0.6 is 0 Å². The van der Waals surface area contributed by atoms with Gasteiger partial charge in [-0.1, -0.05) is 12.1 Å². The van der Waals surface area contributed by atoms with Gasteiger partial charge in [-0.15, -0.1) is 0 Å². The van der Waals surface area contributed by atoms with Gasteiger partial charge < -0.3 is 4.90 Å². The van der Waals surface area contributed by atoms with Gasteiger partial charge in [0.15, 0.2) is 0 Å². The first-order valence-corrected chi connectivity index (χ1v) is 9.79. The monoisotopic (exact) mass is 375 g/mol. The number of pyridine rings is 1. The molecule has 1 aromatic carbocycles. The minimum atomic E-state index is -3.75. The van der Waals surface area contributed by atoms with Crippen LogP contribution in [0.25, 0.3) is 0 Å². The summed E-state index contributed by atoms with van der Waals surface area (Å²) in [7, 11) is -3.75. The largest absolute Gasteiger partial charge is 0.329 e.